The number of nitrogens with one attached hydrogen (secondary N) is 1. The predicted octanol–water partition coefficient (Wildman–Crippen LogP) is 4.10. The van der Waals surface area contributed by atoms with E-state index in [0.29, 0.717) is 19.8 Å². The molecule has 0 atom stereocenters. The normalized spacial score (nSPS) is 10.1. The number of methoxy groups -OCH3 is 1. The minimum Gasteiger partial charge on any atom is -0.496 e. The molecule has 22 heavy (non-hydrogen) atoms. The van der Waals surface area contributed by atoms with Gasteiger partial charge in [-0.15, -0.1) is 0 Å². The van der Waals surface area contributed by atoms with Crippen LogP contribution in [-0.2, 0) is 6.54 Å². The minimum atomic E-state index is 0.622. The van der Waals surface area contributed by atoms with Crippen LogP contribution in [0.5, 0.6) is 17.2 Å². The van der Waals surface area contributed by atoms with Crippen LogP contribution in [0.4, 0.5) is 5.69 Å². The fraction of sp³-hybridized carbons (Fsp3) is 0.333. The molecule has 0 heterocycles. The molecule has 1 N–H and O–H groups in total. The highest BCUT2D eigenvalue weighted by Crippen LogP contribution is 2.30. The second-order valence-electron chi connectivity index (χ2n) is 4.69. The average Bonchev–Trinajstić information content (AvgIpc) is 2.55. The van der Waals surface area contributed by atoms with Crippen LogP contribution < -0.4 is 19.5 Å². The third kappa shape index (κ3) is 4.07. The van der Waals surface area contributed by atoms with Crippen LogP contribution in [0.15, 0.2) is 42.5 Å². The Morgan fingerprint density at radius 2 is 1.68 bits per heavy atom. The lowest BCUT2D eigenvalue weighted by Crippen LogP contribution is -2.04. The summed E-state index contributed by atoms with van der Waals surface area (Å²) in [5, 5.41) is 3.40. The van der Waals surface area contributed by atoms with E-state index in [9.17, 15) is 0 Å². The molecule has 4 nitrogen and oxygen atoms in total. The smallest absolute Gasteiger partial charge is 0.142 e. The van der Waals surface area contributed by atoms with E-state index in [0.717, 1.165) is 28.5 Å². The van der Waals surface area contributed by atoms with Crippen molar-refractivity contribution in [2.75, 3.05) is 25.6 Å². The first-order valence-corrected chi connectivity index (χ1v) is 7.53. The molecule has 0 bridgehead atoms. The molecule has 0 spiro atoms. The zero-order valence-electron chi connectivity index (χ0n) is 13.4. The fourth-order valence-electron chi connectivity index (χ4n) is 2.22. The quantitative estimate of drug-likeness (QED) is 0.796. The van der Waals surface area contributed by atoms with E-state index < -0.39 is 0 Å². The molecule has 0 aromatic heterocycles. The van der Waals surface area contributed by atoms with Crippen molar-refractivity contribution in [1.82, 2.24) is 0 Å². The molecule has 118 valence electrons. The van der Waals surface area contributed by atoms with Gasteiger partial charge in [0.1, 0.15) is 17.2 Å². The van der Waals surface area contributed by atoms with E-state index in [2.05, 4.69) is 5.32 Å². The summed E-state index contributed by atoms with van der Waals surface area (Å²) in [6.07, 6.45) is 0. The lowest BCUT2D eigenvalue weighted by atomic mass is 10.2. The standard InChI is InChI=1S/C18H23NO3/c1-4-21-15-10-11-18(22-5-2)16(12-15)19-13-14-8-6-7-9-17(14)20-3/h6-12,19H,4-5,13H2,1-3H3. The monoisotopic (exact) mass is 301 g/mol. The van der Waals surface area contributed by atoms with Crippen molar-refractivity contribution < 1.29 is 14.2 Å². The summed E-state index contributed by atoms with van der Waals surface area (Å²) >= 11 is 0. The van der Waals surface area contributed by atoms with Crippen molar-refractivity contribution in [3.05, 3.63) is 48.0 Å². The van der Waals surface area contributed by atoms with Crippen LogP contribution in [0.1, 0.15) is 19.4 Å². The first kappa shape index (κ1) is 16.0. The van der Waals surface area contributed by atoms with Crippen molar-refractivity contribution in [3.8, 4) is 17.2 Å². The van der Waals surface area contributed by atoms with Crippen LogP contribution in [0, 0.1) is 0 Å². The molecule has 0 aliphatic rings. The molecule has 2 aromatic carbocycles. The SMILES string of the molecule is CCOc1ccc(OCC)c(NCc2ccccc2OC)c1. The number of benzene rings is 2. The second-order valence-corrected chi connectivity index (χ2v) is 4.69. The molecule has 0 amide bonds. The average molecular weight is 301 g/mol. The van der Waals surface area contributed by atoms with E-state index >= 15 is 0 Å². The van der Waals surface area contributed by atoms with Gasteiger partial charge in [0.05, 0.1) is 26.0 Å². The van der Waals surface area contributed by atoms with E-state index in [-0.39, 0.29) is 0 Å². The number of anilines is 1. The predicted molar refractivity (Wildman–Crippen MR) is 89.1 cm³/mol. The molecule has 0 fully saturated rings. The fourth-order valence-corrected chi connectivity index (χ4v) is 2.22. The highest BCUT2D eigenvalue weighted by molar-refractivity contribution is 5.60. The molecule has 0 saturated heterocycles. The Morgan fingerprint density at radius 3 is 2.41 bits per heavy atom. The Balaban J connectivity index is 2.17. The molecule has 0 unspecified atom stereocenters. The number of rotatable bonds is 8. The van der Waals surface area contributed by atoms with Gasteiger partial charge in [-0.25, -0.2) is 0 Å². The molecule has 0 aliphatic heterocycles. The number of para-hydroxylation sites is 1. The Kier molecular flexibility index (Phi) is 5.95. The summed E-state index contributed by atoms with van der Waals surface area (Å²) < 4.78 is 16.6. The summed E-state index contributed by atoms with van der Waals surface area (Å²) in [6.45, 7) is 5.86. The molecule has 4 heteroatoms. The molecule has 0 saturated carbocycles. The van der Waals surface area contributed by atoms with Crippen molar-refractivity contribution in [3.63, 3.8) is 0 Å². The van der Waals surface area contributed by atoms with Gasteiger partial charge in [-0.2, -0.15) is 0 Å². The maximum atomic E-state index is 5.67. The van der Waals surface area contributed by atoms with Crippen LogP contribution in [0.3, 0.4) is 0 Å². The molecular formula is C18H23NO3. The van der Waals surface area contributed by atoms with Crippen molar-refractivity contribution in [1.29, 1.82) is 0 Å². The summed E-state index contributed by atoms with van der Waals surface area (Å²) in [7, 11) is 1.68. The lowest BCUT2D eigenvalue weighted by molar-refractivity contribution is 0.332. The minimum absolute atomic E-state index is 0.622. The topological polar surface area (TPSA) is 39.7 Å². The molecule has 0 radical (unpaired) electrons. The second kappa shape index (κ2) is 8.17. The maximum absolute atomic E-state index is 5.67. The summed E-state index contributed by atoms with van der Waals surface area (Å²) in [5.74, 6) is 2.52. The third-order valence-corrected chi connectivity index (χ3v) is 3.22. The highest BCUT2D eigenvalue weighted by Gasteiger charge is 2.07. The molecule has 2 aromatic rings. The zero-order chi connectivity index (χ0) is 15.8. The third-order valence-electron chi connectivity index (χ3n) is 3.22. The van der Waals surface area contributed by atoms with Gasteiger partial charge < -0.3 is 19.5 Å². The van der Waals surface area contributed by atoms with Gasteiger partial charge in [0.15, 0.2) is 0 Å². The van der Waals surface area contributed by atoms with Gasteiger partial charge in [0.25, 0.3) is 0 Å². The van der Waals surface area contributed by atoms with Crippen LogP contribution in [0.2, 0.25) is 0 Å². The highest BCUT2D eigenvalue weighted by atomic mass is 16.5. The van der Waals surface area contributed by atoms with Gasteiger partial charge in [-0.1, -0.05) is 18.2 Å². The summed E-state index contributed by atoms with van der Waals surface area (Å²) in [4.78, 5) is 0. The van der Waals surface area contributed by atoms with E-state index in [1.165, 1.54) is 0 Å². The van der Waals surface area contributed by atoms with Crippen molar-refractivity contribution >= 4 is 5.69 Å². The Morgan fingerprint density at radius 1 is 0.909 bits per heavy atom. The summed E-state index contributed by atoms with van der Waals surface area (Å²) in [5.41, 5.74) is 2.01. The summed E-state index contributed by atoms with van der Waals surface area (Å²) in [6, 6.07) is 13.8. The van der Waals surface area contributed by atoms with Gasteiger partial charge in [-0.3, -0.25) is 0 Å². The first-order chi connectivity index (χ1) is 10.8. The number of hydrogen-bond donors (Lipinski definition) is 1. The van der Waals surface area contributed by atoms with E-state index in [1.807, 2.05) is 56.3 Å². The Bertz CT molecular complexity index is 599. The van der Waals surface area contributed by atoms with Gasteiger partial charge in [0.2, 0.25) is 0 Å². The first-order valence-electron chi connectivity index (χ1n) is 7.53. The molecule has 0 aliphatic carbocycles. The Labute approximate surface area is 132 Å². The van der Waals surface area contributed by atoms with Gasteiger partial charge in [0, 0.05) is 18.2 Å². The van der Waals surface area contributed by atoms with Gasteiger partial charge >= 0.3 is 0 Å². The largest absolute Gasteiger partial charge is 0.496 e. The van der Waals surface area contributed by atoms with Crippen molar-refractivity contribution in [2.24, 2.45) is 0 Å². The maximum Gasteiger partial charge on any atom is 0.142 e. The van der Waals surface area contributed by atoms with Crippen LogP contribution >= 0.6 is 0 Å². The number of hydrogen-bond acceptors (Lipinski definition) is 4. The Hall–Kier alpha value is -2.36. The van der Waals surface area contributed by atoms with Crippen LogP contribution in [-0.4, -0.2) is 20.3 Å². The molecular weight excluding hydrogens is 278 g/mol. The molecule has 2 rings (SSSR count). The van der Waals surface area contributed by atoms with E-state index in [1.54, 1.807) is 7.11 Å². The van der Waals surface area contributed by atoms with Crippen LogP contribution in [0.25, 0.3) is 0 Å². The van der Waals surface area contributed by atoms with Gasteiger partial charge in [-0.05, 0) is 32.0 Å². The number of ether oxygens (including phenoxy) is 3. The van der Waals surface area contributed by atoms with E-state index in [4.69, 9.17) is 14.2 Å². The lowest BCUT2D eigenvalue weighted by Gasteiger charge is -2.15. The zero-order valence-corrected chi connectivity index (χ0v) is 13.4. The van der Waals surface area contributed by atoms with Crippen molar-refractivity contribution in [2.45, 2.75) is 20.4 Å².